The van der Waals surface area contributed by atoms with Crippen LogP contribution >= 0.6 is 0 Å². The molecule has 1 aliphatic heterocycles. The van der Waals surface area contributed by atoms with Gasteiger partial charge >= 0.3 is 0 Å². The molecule has 1 aromatic rings. The van der Waals surface area contributed by atoms with Gasteiger partial charge in [0.15, 0.2) is 0 Å². The Hall–Kier alpha value is -0.820. The maximum absolute atomic E-state index is 5.42. The summed E-state index contributed by atoms with van der Waals surface area (Å²) in [5.74, 6) is 3.86. The molecule has 126 valence electrons. The maximum atomic E-state index is 5.42. The molecule has 1 atom stereocenters. The largest absolute Gasteiger partial charge is 0.373 e. The summed E-state index contributed by atoms with van der Waals surface area (Å²) < 4.78 is 5.42. The van der Waals surface area contributed by atoms with Crippen molar-refractivity contribution >= 4 is 0 Å². The topological polar surface area (TPSA) is 12.5 Å². The molecule has 1 saturated heterocycles. The van der Waals surface area contributed by atoms with Crippen molar-refractivity contribution in [2.24, 2.45) is 17.8 Å². The minimum absolute atomic E-state index is 0.640. The molecule has 0 radical (unpaired) electrons. The van der Waals surface area contributed by atoms with Gasteiger partial charge in [0.05, 0.1) is 12.7 Å². The van der Waals surface area contributed by atoms with Crippen LogP contribution in [-0.4, -0.2) is 12.7 Å². The Morgan fingerprint density at radius 1 is 0.826 bits per heavy atom. The Morgan fingerprint density at radius 2 is 1.39 bits per heavy atom. The number of epoxide rings is 1. The van der Waals surface area contributed by atoms with Gasteiger partial charge in [-0.1, -0.05) is 42.7 Å². The van der Waals surface area contributed by atoms with Gasteiger partial charge in [0.2, 0.25) is 0 Å². The molecule has 3 fully saturated rings. The third kappa shape index (κ3) is 3.99. The molecule has 1 aromatic carbocycles. The molecule has 3 aliphatic rings. The summed E-state index contributed by atoms with van der Waals surface area (Å²) in [5.41, 5.74) is 2.97. The second-order valence-corrected chi connectivity index (χ2v) is 8.49. The lowest BCUT2D eigenvalue weighted by Gasteiger charge is -2.38. The van der Waals surface area contributed by atoms with E-state index in [4.69, 9.17) is 4.74 Å². The van der Waals surface area contributed by atoms with Crippen molar-refractivity contribution in [3.63, 3.8) is 0 Å². The predicted molar refractivity (Wildman–Crippen MR) is 95.7 cm³/mol. The minimum atomic E-state index is 0.640. The quantitative estimate of drug-likeness (QED) is 0.634. The fourth-order valence-corrected chi connectivity index (χ4v) is 5.23. The Labute approximate surface area is 141 Å². The SMILES string of the molecule is Cc1ccc(C2CCC(C3CCC(CC4CO4)CC3)CC2)cc1. The molecule has 0 N–H and O–H groups in total. The lowest BCUT2D eigenvalue weighted by molar-refractivity contribution is 0.152. The Morgan fingerprint density at radius 3 is 1.96 bits per heavy atom. The van der Waals surface area contributed by atoms with E-state index in [-0.39, 0.29) is 0 Å². The second kappa shape index (κ2) is 6.97. The highest BCUT2D eigenvalue weighted by molar-refractivity contribution is 5.24. The van der Waals surface area contributed by atoms with E-state index < -0.39 is 0 Å². The van der Waals surface area contributed by atoms with Crippen molar-refractivity contribution in [1.29, 1.82) is 0 Å². The van der Waals surface area contributed by atoms with Gasteiger partial charge in [0.25, 0.3) is 0 Å². The number of rotatable bonds is 4. The average molecular weight is 312 g/mol. The van der Waals surface area contributed by atoms with Crippen molar-refractivity contribution in [2.45, 2.75) is 76.7 Å². The van der Waals surface area contributed by atoms with Gasteiger partial charge in [-0.2, -0.15) is 0 Å². The van der Waals surface area contributed by atoms with Crippen LogP contribution in [0.1, 0.15) is 74.8 Å². The second-order valence-electron chi connectivity index (χ2n) is 8.49. The van der Waals surface area contributed by atoms with Crippen LogP contribution in [0.25, 0.3) is 0 Å². The van der Waals surface area contributed by atoms with E-state index in [0.29, 0.717) is 6.10 Å². The standard InChI is InChI=1S/C22H32O/c1-16-2-6-18(7-3-16)20-10-12-21(13-11-20)19-8-4-17(5-9-19)14-22-15-23-22/h2-3,6-7,17,19-22H,4-5,8-15H2,1H3. The first-order chi connectivity index (χ1) is 11.3. The summed E-state index contributed by atoms with van der Waals surface area (Å²) >= 11 is 0. The van der Waals surface area contributed by atoms with E-state index in [1.54, 1.807) is 5.56 Å². The Bertz CT molecular complexity index is 485. The predicted octanol–water partition coefficient (Wildman–Crippen LogP) is 5.86. The van der Waals surface area contributed by atoms with Gasteiger partial charge in [-0.25, -0.2) is 0 Å². The number of hydrogen-bond donors (Lipinski definition) is 0. The fourth-order valence-electron chi connectivity index (χ4n) is 5.23. The van der Waals surface area contributed by atoms with Gasteiger partial charge in [-0.15, -0.1) is 0 Å². The highest BCUT2D eigenvalue weighted by Gasteiger charge is 2.33. The molecule has 1 heterocycles. The number of ether oxygens (including phenoxy) is 1. The van der Waals surface area contributed by atoms with Crippen LogP contribution in [0.5, 0.6) is 0 Å². The third-order valence-electron chi connectivity index (χ3n) is 6.88. The molecule has 0 bridgehead atoms. The lowest BCUT2D eigenvalue weighted by Crippen LogP contribution is -2.25. The minimum Gasteiger partial charge on any atom is -0.373 e. The zero-order valence-electron chi connectivity index (χ0n) is 14.7. The van der Waals surface area contributed by atoms with E-state index >= 15 is 0 Å². The van der Waals surface area contributed by atoms with Crippen molar-refractivity contribution in [3.8, 4) is 0 Å². The van der Waals surface area contributed by atoms with Crippen LogP contribution in [0.3, 0.4) is 0 Å². The van der Waals surface area contributed by atoms with Gasteiger partial charge in [0, 0.05) is 0 Å². The van der Waals surface area contributed by atoms with E-state index in [1.807, 2.05) is 0 Å². The number of benzene rings is 1. The van der Waals surface area contributed by atoms with Gasteiger partial charge in [-0.3, -0.25) is 0 Å². The van der Waals surface area contributed by atoms with Crippen LogP contribution in [0.2, 0.25) is 0 Å². The van der Waals surface area contributed by atoms with Crippen molar-refractivity contribution < 1.29 is 4.74 Å². The molecule has 2 saturated carbocycles. The van der Waals surface area contributed by atoms with Gasteiger partial charge < -0.3 is 4.74 Å². The summed E-state index contributed by atoms with van der Waals surface area (Å²) in [7, 11) is 0. The summed E-state index contributed by atoms with van der Waals surface area (Å²) in [6.07, 6.45) is 13.7. The van der Waals surface area contributed by atoms with Crippen LogP contribution in [0.15, 0.2) is 24.3 Å². The normalized spacial score (nSPS) is 37.5. The first-order valence-corrected chi connectivity index (χ1v) is 9.96. The van der Waals surface area contributed by atoms with Gasteiger partial charge in [-0.05, 0) is 81.1 Å². The summed E-state index contributed by atoms with van der Waals surface area (Å²) in [5, 5.41) is 0. The van der Waals surface area contributed by atoms with Crippen molar-refractivity contribution in [3.05, 3.63) is 35.4 Å². The molecule has 1 heteroatoms. The first-order valence-electron chi connectivity index (χ1n) is 9.96. The Kier molecular flexibility index (Phi) is 4.76. The maximum Gasteiger partial charge on any atom is 0.0812 e. The number of hydrogen-bond acceptors (Lipinski definition) is 1. The molecule has 1 unspecified atom stereocenters. The lowest BCUT2D eigenvalue weighted by atomic mass is 9.68. The molecule has 0 aromatic heterocycles. The molecular weight excluding hydrogens is 280 g/mol. The zero-order valence-corrected chi connectivity index (χ0v) is 14.7. The Balaban J connectivity index is 1.24. The molecule has 1 nitrogen and oxygen atoms in total. The molecule has 23 heavy (non-hydrogen) atoms. The first kappa shape index (κ1) is 15.7. The zero-order chi connectivity index (χ0) is 15.6. The van der Waals surface area contributed by atoms with Gasteiger partial charge in [0.1, 0.15) is 0 Å². The van der Waals surface area contributed by atoms with E-state index in [9.17, 15) is 0 Å². The van der Waals surface area contributed by atoms with Crippen LogP contribution in [0, 0.1) is 24.7 Å². The van der Waals surface area contributed by atoms with Crippen LogP contribution < -0.4 is 0 Å². The van der Waals surface area contributed by atoms with E-state index in [0.717, 1.165) is 30.3 Å². The summed E-state index contributed by atoms with van der Waals surface area (Å²) in [6.45, 7) is 3.23. The summed E-state index contributed by atoms with van der Waals surface area (Å²) in [6, 6.07) is 9.30. The number of aryl methyl sites for hydroxylation is 1. The fraction of sp³-hybridized carbons (Fsp3) is 0.727. The highest BCUT2D eigenvalue weighted by Crippen LogP contribution is 2.44. The highest BCUT2D eigenvalue weighted by atomic mass is 16.6. The molecule has 2 aliphatic carbocycles. The molecular formula is C22H32O. The monoisotopic (exact) mass is 312 g/mol. The average Bonchev–Trinajstić information content (AvgIpc) is 3.41. The molecule has 4 rings (SSSR count). The molecule has 0 amide bonds. The van der Waals surface area contributed by atoms with Crippen LogP contribution in [0.4, 0.5) is 0 Å². The summed E-state index contributed by atoms with van der Waals surface area (Å²) in [4.78, 5) is 0. The third-order valence-corrected chi connectivity index (χ3v) is 6.88. The van der Waals surface area contributed by atoms with Crippen molar-refractivity contribution in [1.82, 2.24) is 0 Å². The van der Waals surface area contributed by atoms with Crippen LogP contribution in [-0.2, 0) is 4.74 Å². The van der Waals surface area contributed by atoms with E-state index in [2.05, 4.69) is 31.2 Å². The van der Waals surface area contributed by atoms with E-state index in [1.165, 1.54) is 63.4 Å². The molecule has 0 spiro atoms. The van der Waals surface area contributed by atoms with Crippen molar-refractivity contribution in [2.75, 3.05) is 6.61 Å². The smallest absolute Gasteiger partial charge is 0.0812 e.